The van der Waals surface area contributed by atoms with Crippen molar-refractivity contribution in [2.24, 2.45) is 0 Å². The fourth-order valence-electron chi connectivity index (χ4n) is 1.54. The van der Waals surface area contributed by atoms with E-state index < -0.39 is 4.92 Å². The first-order valence-corrected chi connectivity index (χ1v) is 6.18. The lowest BCUT2D eigenvalue weighted by Crippen LogP contribution is -1.96. The molecule has 1 heterocycles. The van der Waals surface area contributed by atoms with Gasteiger partial charge in [0.1, 0.15) is 5.76 Å². The number of benzene rings is 1. The molecule has 0 N–H and O–H groups in total. The third kappa shape index (κ3) is 2.33. The minimum atomic E-state index is -0.482. The lowest BCUT2D eigenvalue weighted by atomic mass is 10.1. The first-order valence-electron chi connectivity index (χ1n) is 5.06. The molecule has 0 bridgehead atoms. The smallest absolute Gasteiger partial charge is 0.280 e. The minimum Gasteiger partial charge on any atom is -0.453 e. The molecule has 0 atom stereocenters. The van der Waals surface area contributed by atoms with Gasteiger partial charge in [-0.15, -0.1) is 0 Å². The Labute approximate surface area is 111 Å². The first-order chi connectivity index (χ1) is 8.63. The number of nitrogens with zero attached hydrogens (tertiary/aromatic N) is 1. The molecule has 1 aromatic heterocycles. The molecule has 0 aliphatic heterocycles. The monoisotopic (exact) mass is 309 g/mol. The van der Waals surface area contributed by atoms with Crippen LogP contribution in [-0.2, 0) is 0 Å². The molecular formula is C12H8BrNO4. The standard InChI is InChI=1S/C12H8BrNO4/c13-7-10(15)12-6-5-11(18-12)8-3-1-2-4-9(8)14(16)17/h1-6H,7H2. The number of ketones is 1. The van der Waals surface area contributed by atoms with E-state index in [-0.39, 0.29) is 22.6 Å². The zero-order valence-electron chi connectivity index (χ0n) is 9.13. The summed E-state index contributed by atoms with van der Waals surface area (Å²) in [6.45, 7) is 0. The molecule has 0 aliphatic carbocycles. The highest BCUT2D eigenvalue weighted by Crippen LogP contribution is 2.30. The van der Waals surface area contributed by atoms with E-state index in [1.54, 1.807) is 24.3 Å². The molecule has 0 amide bonds. The number of hydrogen-bond acceptors (Lipinski definition) is 4. The average Bonchev–Trinajstić information content (AvgIpc) is 2.87. The van der Waals surface area contributed by atoms with Gasteiger partial charge in [0.25, 0.3) is 5.69 Å². The van der Waals surface area contributed by atoms with Gasteiger partial charge < -0.3 is 4.42 Å². The number of alkyl halides is 1. The van der Waals surface area contributed by atoms with Gasteiger partial charge in [-0.25, -0.2) is 0 Å². The SMILES string of the molecule is O=C(CBr)c1ccc(-c2ccccc2[N+](=O)[O-])o1. The Hall–Kier alpha value is -1.95. The van der Waals surface area contributed by atoms with E-state index in [0.717, 1.165) is 0 Å². The van der Waals surface area contributed by atoms with Gasteiger partial charge >= 0.3 is 0 Å². The van der Waals surface area contributed by atoms with Gasteiger partial charge in [-0.1, -0.05) is 28.1 Å². The Bertz CT molecular complexity index is 606. The number of Topliss-reactive ketones (excluding diaryl/α,β-unsaturated/α-hetero) is 1. The second kappa shape index (κ2) is 5.14. The predicted octanol–water partition coefficient (Wildman–Crippen LogP) is 3.43. The number of nitro groups is 1. The van der Waals surface area contributed by atoms with E-state index >= 15 is 0 Å². The van der Waals surface area contributed by atoms with Crippen LogP contribution in [0.1, 0.15) is 10.6 Å². The van der Waals surface area contributed by atoms with Crippen molar-refractivity contribution in [1.29, 1.82) is 0 Å². The molecule has 0 saturated heterocycles. The summed E-state index contributed by atoms with van der Waals surface area (Å²) in [6.07, 6.45) is 0. The van der Waals surface area contributed by atoms with E-state index in [4.69, 9.17) is 4.42 Å². The number of furan rings is 1. The second-order valence-corrected chi connectivity index (χ2v) is 4.06. The van der Waals surface area contributed by atoms with Crippen LogP contribution in [0.2, 0.25) is 0 Å². The van der Waals surface area contributed by atoms with Crippen molar-refractivity contribution in [3.05, 3.63) is 52.3 Å². The fraction of sp³-hybridized carbons (Fsp3) is 0.0833. The molecule has 0 spiro atoms. The van der Waals surface area contributed by atoms with Crippen molar-refractivity contribution in [3.63, 3.8) is 0 Å². The van der Waals surface area contributed by atoms with Crippen molar-refractivity contribution < 1.29 is 14.1 Å². The molecule has 6 heteroatoms. The van der Waals surface area contributed by atoms with Crippen molar-refractivity contribution >= 4 is 27.4 Å². The Balaban J connectivity index is 2.46. The van der Waals surface area contributed by atoms with Gasteiger partial charge in [-0.2, -0.15) is 0 Å². The maximum absolute atomic E-state index is 11.4. The number of carbonyl (C=O) groups excluding carboxylic acids is 1. The molecule has 92 valence electrons. The number of carbonyl (C=O) groups is 1. The van der Waals surface area contributed by atoms with Crippen LogP contribution in [0.15, 0.2) is 40.8 Å². The van der Waals surface area contributed by atoms with Crippen LogP contribution in [0.25, 0.3) is 11.3 Å². The van der Waals surface area contributed by atoms with Crippen LogP contribution in [0, 0.1) is 10.1 Å². The molecule has 0 radical (unpaired) electrons. The zero-order chi connectivity index (χ0) is 13.1. The Morgan fingerprint density at radius 3 is 2.67 bits per heavy atom. The van der Waals surface area contributed by atoms with E-state index in [1.165, 1.54) is 12.1 Å². The lowest BCUT2D eigenvalue weighted by Gasteiger charge is -1.98. The average molecular weight is 310 g/mol. The van der Waals surface area contributed by atoms with Gasteiger partial charge in [-0.05, 0) is 18.2 Å². The largest absolute Gasteiger partial charge is 0.453 e. The quantitative estimate of drug-likeness (QED) is 0.375. The number of halogens is 1. The van der Waals surface area contributed by atoms with Crippen molar-refractivity contribution in [2.45, 2.75) is 0 Å². The maximum atomic E-state index is 11.4. The first kappa shape index (κ1) is 12.5. The Morgan fingerprint density at radius 2 is 2.00 bits per heavy atom. The van der Waals surface area contributed by atoms with E-state index in [1.807, 2.05) is 0 Å². The van der Waals surface area contributed by atoms with E-state index in [0.29, 0.717) is 11.3 Å². The van der Waals surface area contributed by atoms with Crippen LogP contribution >= 0.6 is 15.9 Å². The van der Waals surface area contributed by atoms with Crippen LogP contribution in [0.4, 0.5) is 5.69 Å². The molecule has 0 fully saturated rings. The van der Waals surface area contributed by atoms with Crippen molar-refractivity contribution in [1.82, 2.24) is 0 Å². The lowest BCUT2D eigenvalue weighted by molar-refractivity contribution is -0.384. The van der Waals surface area contributed by atoms with E-state index in [9.17, 15) is 14.9 Å². The fourth-order valence-corrected chi connectivity index (χ4v) is 1.82. The molecule has 0 aliphatic rings. The summed E-state index contributed by atoms with van der Waals surface area (Å²) < 4.78 is 5.33. The molecule has 0 saturated carbocycles. The number of rotatable bonds is 4. The highest BCUT2D eigenvalue weighted by molar-refractivity contribution is 9.09. The Morgan fingerprint density at radius 1 is 1.28 bits per heavy atom. The summed E-state index contributed by atoms with van der Waals surface area (Å²) >= 11 is 3.04. The van der Waals surface area contributed by atoms with Crippen LogP contribution in [-0.4, -0.2) is 16.0 Å². The van der Waals surface area contributed by atoms with Gasteiger partial charge in [0.15, 0.2) is 5.76 Å². The second-order valence-electron chi connectivity index (χ2n) is 3.49. The summed E-state index contributed by atoms with van der Waals surface area (Å²) in [6, 6.07) is 9.29. The highest BCUT2D eigenvalue weighted by atomic mass is 79.9. The zero-order valence-corrected chi connectivity index (χ0v) is 10.7. The van der Waals surface area contributed by atoms with Crippen LogP contribution in [0.3, 0.4) is 0 Å². The molecule has 5 nitrogen and oxygen atoms in total. The van der Waals surface area contributed by atoms with Crippen LogP contribution in [0.5, 0.6) is 0 Å². The third-order valence-electron chi connectivity index (χ3n) is 2.37. The molecule has 2 rings (SSSR count). The van der Waals surface area contributed by atoms with Crippen LogP contribution < -0.4 is 0 Å². The third-order valence-corrected chi connectivity index (χ3v) is 2.88. The minimum absolute atomic E-state index is 0.0512. The number of nitro benzene ring substituents is 1. The normalized spacial score (nSPS) is 10.3. The van der Waals surface area contributed by atoms with Crippen molar-refractivity contribution in [2.75, 3.05) is 5.33 Å². The molecule has 18 heavy (non-hydrogen) atoms. The summed E-state index contributed by atoms with van der Waals surface area (Å²) in [5.41, 5.74) is 0.306. The van der Waals surface area contributed by atoms with Gasteiger partial charge in [0.05, 0.1) is 15.8 Å². The highest BCUT2D eigenvalue weighted by Gasteiger charge is 2.18. The number of hydrogen-bond donors (Lipinski definition) is 0. The predicted molar refractivity (Wildman–Crippen MR) is 68.9 cm³/mol. The summed E-state index contributed by atoms with van der Waals surface area (Å²) in [4.78, 5) is 21.8. The molecule has 0 unspecified atom stereocenters. The summed E-state index contributed by atoms with van der Waals surface area (Å²) in [7, 11) is 0. The Kier molecular flexibility index (Phi) is 3.57. The number of para-hydroxylation sites is 1. The molecular weight excluding hydrogens is 302 g/mol. The van der Waals surface area contributed by atoms with Gasteiger partial charge in [0.2, 0.25) is 5.78 Å². The molecule has 2 aromatic rings. The summed E-state index contributed by atoms with van der Waals surface area (Å²) in [5.74, 6) is 0.284. The van der Waals surface area contributed by atoms with E-state index in [2.05, 4.69) is 15.9 Å². The maximum Gasteiger partial charge on any atom is 0.280 e. The topological polar surface area (TPSA) is 73.3 Å². The van der Waals surface area contributed by atoms with Crippen molar-refractivity contribution in [3.8, 4) is 11.3 Å². The summed E-state index contributed by atoms with van der Waals surface area (Å²) in [5, 5.41) is 11.0. The molecule has 1 aromatic carbocycles. The van der Waals surface area contributed by atoms with Gasteiger partial charge in [0, 0.05) is 6.07 Å². The van der Waals surface area contributed by atoms with Gasteiger partial charge in [-0.3, -0.25) is 14.9 Å².